The lowest BCUT2D eigenvalue weighted by Crippen LogP contribution is -2.41. The standard InChI is InChI=1S/C12H15FO.C9H12N2O5/c13-10-6-8-12(9-7-10)14-11-4-2-1-3-5-11;1-11-3-2-5(12)7(9(11)16)8(15)10-4-6(13)14/h6-9,11H,1-5H2;12H,2-4H2,1H3,(H,10,15)(H,13,14). The zero-order chi connectivity index (χ0) is 22.1. The molecule has 0 saturated heterocycles. The van der Waals surface area contributed by atoms with E-state index < -0.39 is 24.3 Å². The highest BCUT2D eigenvalue weighted by Gasteiger charge is 2.30. The van der Waals surface area contributed by atoms with Gasteiger partial charge in [-0.15, -0.1) is 0 Å². The molecular formula is C21H27FN2O6. The Morgan fingerprint density at radius 2 is 1.83 bits per heavy atom. The smallest absolute Gasteiger partial charge is 0.322 e. The van der Waals surface area contributed by atoms with Gasteiger partial charge in [-0.3, -0.25) is 14.4 Å². The highest BCUT2D eigenvalue weighted by molar-refractivity contribution is 6.19. The number of aliphatic hydroxyl groups excluding tert-OH is 1. The molecule has 2 amide bonds. The number of carboxylic acid groups (broad SMARTS) is 1. The normalized spacial score (nSPS) is 17.1. The van der Waals surface area contributed by atoms with Gasteiger partial charge < -0.3 is 25.2 Å². The molecule has 1 aromatic carbocycles. The third kappa shape index (κ3) is 7.06. The van der Waals surface area contributed by atoms with Crippen molar-refractivity contribution in [1.82, 2.24) is 10.2 Å². The topological polar surface area (TPSA) is 116 Å². The Bertz CT molecular complexity index is 787. The predicted octanol–water partition coefficient (Wildman–Crippen LogP) is 2.40. The number of carbonyl (C=O) groups excluding carboxylic acids is 2. The van der Waals surface area contributed by atoms with Crippen LogP contribution in [0.3, 0.4) is 0 Å². The highest BCUT2D eigenvalue weighted by Crippen LogP contribution is 2.23. The summed E-state index contributed by atoms with van der Waals surface area (Å²) in [5.74, 6) is -2.40. The lowest BCUT2D eigenvalue weighted by atomic mass is 9.98. The van der Waals surface area contributed by atoms with E-state index in [1.54, 1.807) is 12.1 Å². The maximum atomic E-state index is 12.6. The van der Waals surface area contributed by atoms with Gasteiger partial charge in [0.25, 0.3) is 11.8 Å². The average Bonchev–Trinajstić information content (AvgIpc) is 2.72. The Morgan fingerprint density at radius 1 is 1.20 bits per heavy atom. The molecule has 1 aliphatic carbocycles. The first-order valence-electron chi connectivity index (χ1n) is 9.87. The largest absolute Gasteiger partial charge is 0.511 e. The molecule has 0 aromatic heterocycles. The summed E-state index contributed by atoms with van der Waals surface area (Å²) in [6, 6.07) is 6.28. The van der Waals surface area contributed by atoms with Crippen LogP contribution in [0, 0.1) is 5.82 Å². The van der Waals surface area contributed by atoms with E-state index in [0.29, 0.717) is 12.6 Å². The molecule has 2 aliphatic rings. The van der Waals surface area contributed by atoms with Crippen molar-refractivity contribution in [3.05, 3.63) is 41.4 Å². The van der Waals surface area contributed by atoms with Crippen LogP contribution in [0.2, 0.25) is 0 Å². The quantitative estimate of drug-likeness (QED) is 0.628. The Hall–Kier alpha value is -3.10. The first kappa shape index (κ1) is 23.2. The molecule has 0 unspecified atom stereocenters. The molecule has 8 nitrogen and oxygen atoms in total. The minimum Gasteiger partial charge on any atom is -0.511 e. The van der Waals surface area contributed by atoms with Gasteiger partial charge >= 0.3 is 5.97 Å². The molecule has 164 valence electrons. The molecule has 1 aliphatic heterocycles. The van der Waals surface area contributed by atoms with Crippen LogP contribution in [0.15, 0.2) is 35.6 Å². The summed E-state index contributed by atoms with van der Waals surface area (Å²) in [5.41, 5.74) is -0.380. The van der Waals surface area contributed by atoms with E-state index in [0.717, 1.165) is 18.6 Å². The summed E-state index contributed by atoms with van der Waals surface area (Å²) in [6.07, 6.45) is 6.64. The van der Waals surface area contributed by atoms with E-state index in [1.807, 2.05) is 5.32 Å². The number of hydrogen-bond donors (Lipinski definition) is 3. The van der Waals surface area contributed by atoms with Crippen molar-refractivity contribution >= 4 is 17.8 Å². The molecule has 0 bridgehead atoms. The minimum absolute atomic E-state index is 0.193. The van der Waals surface area contributed by atoms with Crippen LogP contribution in [0.25, 0.3) is 0 Å². The molecule has 30 heavy (non-hydrogen) atoms. The molecule has 9 heteroatoms. The van der Waals surface area contributed by atoms with Crippen molar-refractivity contribution in [3.63, 3.8) is 0 Å². The van der Waals surface area contributed by atoms with E-state index in [2.05, 4.69) is 0 Å². The van der Waals surface area contributed by atoms with Gasteiger partial charge in [-0.05, 0) is 49.9 Å². The lowest BCUT2D eigenvalue weighted by molar-refractivity contribution is -0.138. The molecule has 0 spiro atoms. The number of nitrogens with one attached hydrogen (secondary N) is 1. The van der Waals surface area contributed by atoms with Crippen LogP contribution in [-0.2, 0) is 14.4 Å². The van der Waals surface area contributed by atoms with Crippen molar-refractivity contribution in [2.24, 2.45) is 0 Å². The fraction of sp³-hybridized carbons (Fsp3) is 0.476. The number of aliphatic carboxylic acids is 1. The Morgan fingerprint density at radius 3 is 2.43 bits per heavy atom. The van der Waals surface area contributed by atoms with Crippen molar-refractivity contribution < 1.29 is 33.7 Å². The molecular weight excluding hydrogens is 395 g/mol. The highest BCUT2D eigenvalue weighted by atomic mass is 19.1. The van der Waals surface area contributed by atoms with Crippen LogP contribution in [0.5, 0.6) is 5.75 Å². The van der Waals surface area contributed by atoms with Gasteiger partial charge in [-0.25, -0.2) is 4.39 Å². The zero-order valence-electron chi connectivity index (χ0n) is 16.9. The molecule has 1 saturated carbocycles. The van der Waals surface area contributed by atoms with Crippen molar-refractivity contribution in [2.75, 3.05) is 20.1 Å². The van der Waals surface area contributed by atoms with Crippen molar-refractivity contribution in [1.29, 1.82) is 0 Å². The summed E-state index contributed by atoms with van der Waals surface area (Å²) < 4.78 is 18.4. The maximum absolute atomic E-state index is 12.6. The first-order chi connectivity index (χ1) is 14.3. The lowest BCUT2D eigenvalue weighted by Gasteiger charge is -2.23. The van der Waals surface area contributed by atoms with Crippen LogP contribution in [-0.4, -0.2) is 59.1 Å². The Balaban J connectivity index is 0.000000215. The number of nitrogens with zero attached hydrogens (tertiary/aromatic N) is 1. The van der Waals surface area contributed by atoms with Crippen molar-refractivity contribution in [3.8, 4) is 5.75 Å². The summed E-state index contributed by atoms with van der Waals surface area (Å²) >= 11 is 0. The predicted molar refractivity (Wildman–Crippen MR) is 106 cm³/mol. The number of amides is 2. The van der Waals surface area contributed by atoms with Crippen LogP contribution < -0.4 is 10.1 Å². The van der Waals surface area contributed by atoms with E-state index in [4.69, 9.17) is 9.84 Å². The summed E-state index contributed by atoms with van der Waals surface area (Å²) in [4.78, 5) is 34.5. The number of hydrogen-bond acceptors (Lipinski definition) is 5. The summed E-state index contributed by atoms with van der Waals surface area (Å²) in [6.45, 7) is -0.257. The van der Waals surface area contributed by atoms with Crippen LogP contribution in [0.1, 0.15) is 38.5 Å². The number of likely N-dealkylation sites (N-methyl/N-ethyl adjacent to an activating group) is 1. The molecule has 0 atom stereocenters. The maximum Gasteiger partial charge on any atom is 0.322 e. The SMILES string of the molecule is CN1CCC(O)=C(C(=O)NCC(=O)O)C1=O.Fc1ccc(OC2CCCCC2)cc1. The minimum atomic E-state index is -1.22. The fourth-order valence-electron chi connectivity index (χ4n) is 3.18. The van der Waals surface area contributed by atoms with Gasteiger partial charge in [0.2, 0.25) is 0 Å². The fourth-order valence-corrected chi connectivity index (χ4v) is 3.18. The molecule has 1 heterocycles. The van der Waals surface area contributed by atoms with Crippen LogP contribution >= 0.6 is 0 Å². The van der Waals surface area contributed by atoms with E-state index >= 15 is 0 Å². The summed E-state index contributed by atoms with van der Waals surface area (Å²) in [7, 11) is 1.50. The number of carbonyl (C=O) groups is 3. The molecule has 0 radical (unpaired) electrons. The Labute approximate surface area is 174 Å². The molecule has 1 aromatic rings. The van der Waals surface area contributed by atoms with Crippen LogP contribution in [0.4, 0.5) is 4.39 Å². The number of aliphatic hydroxyl groups is 1. The first-order valence-corrected chi connectivity index (χ1v) is 9.87. The molecule has 3 rings (SSSR count). The van der Waals surface area contributed by atoms with Gasteiger partial charge in [0.05, 0.1) is 6.10 Å². The van der Waals surface area contributed by atoms with Gasteiger partial charge in [-0.2, -0.15) is 0 Å². The third-order valence-corrected chi connectivity index (χ3v) is 4.83. The molecule has 1 fully saturated rings. The summed E-state index contributed by atoms with van der Waals surface area (Å²) in [5, 5.41) is 19.8. The van der Waals surface area contributed by atoms with Gasteiger partial charge in [0.1, 0.15) is 29.4 Å². The second-order valence-electron chi connectivity index (χ2n) is 7.21. The zero-order valence-corrected chi connectivity index (χ0v) is 16.9. The Kier molecular flexibility index (Phi) is 8.64. The second-order valence-corrected chi connectivity index (χ2v) is 7.21. The van der Waals surface area contributed by atoms with Gasteiger partial charge in [0.15, 0.2) is 0 Å². The second kappa shape index (κ2) is 11.2. The van der Waals surface area contributed by atoms with Crippen molar-refractivity contribution in [2.45, 2.75) is 44.6 Å². The number of halogens is 1. The van der Waals surface area contributed by atoms with Gasteiger partial charge in [0, 0.05) is 20.0 Å². The number of ether oxygens (including phenoxy) is 1. The third-order valence-electron chi connectivity index (χ3n) is 4.83. The average molecular weight is 422 g/mol. The van der Waals surface area contributed by atoms with E-state index in [-0.39, 0.29) is 23.6 Å². The number of carboxylic acids is 1. The van der Waals surface area contributed by atoms with E-state index in [1.165, 1.54) is 43.3 Å². The van der Waals surface area contributed by atoms with Gasteiger partial charge in [-0.1, -0.05) is 6.42 Å². The number of benzene rings is 1. The molecule has 3 N–H and O–H groups in total. The monoisotopic (exact) mass is 422 g/mol. The van der Waals surface area contributed by atoms with E-state index in [9.17, 15) is 23.9 Å². The number of rotatable bonds is 5.